The van der Waals surface area contributed by atoms with Crippen LogP contribution in [0.1, 0.15) is 15.9 Å². The van der Waals surface area contributed by atoms with Gasteiger partial charge in [0.25, 0.3) is 0 Å². The zero-order valence-electron chi connectivity index (χ0n) is 11.9. The number of hydrogen-bond donors (Lipinski definition) is 2. The van der Waals surface area contributed by atoms with E-state index in [9.17, 15) is 13.2 Å². The van der Waals surface area contributed by atoms with Crippen molar-refractivity contribution in [1.29, 1.82) is 0 Å². The summed E-state index contributed by atoms with van der Waals surface area (Å²) in [6.07, 6.45) is 0. The van der Waals surface area contributed by atoms with Gasteiger partial charge < -0.3 is 14.9 Å². The highest BCUT2D eigenvalue weighted by molar-refractivity contribution is 7.89. The summed E-state index contributed by atoms with van der Waals surface area (Å²) in [5.74, 6) is -1.19. The second-order valence-electron chi connectivity index (χ2n) is 4.40. The summed E-state index contributed by atoms with van der Waals surface area (Å²) in [6.45, 7) is 1.44. The maximum absolute atomic E-state index is 12.5. The van der Waals surface area contributed by atoms with Crippen molar-refractivity contribution >= 4 is 16.0 Å². The molecular weight excluding hydrogens is 298 g/mol. The van der Waals surface area contributed by atoms with Gasteiger partial charge in [0.05, 0.1) is 23.7 Å². The minimum atomic E-state index is -3.88. The maximum atomic E-state index is 12.5. The van der Waals surface area contributed by atoms with Crippen molar-refractivity contribution in [3.8, 4) is 0 Å². The molecule has 7 nitrogen and oxygen atoms in total. The molecular formula is C13H19NO6S. The number of carboxylic acid groups (broad SMARTS) is 1. The lowest BCUT2D eigenvalue weighted by Crippen LogP contribution is -2.36. The number of ether oxygens (including phenoxy) is 1. The van der Waals surface area contributed by atoms with Crippen molar-refractivity contribution in [3.63, 3.8) is 0 Å². The Morgan fingerprint density at radius 2 is 2.00 bits per heavy atom. The van der Waals surface area contributed by atoms with Crippen LogP contribution in [0.2, 0.25) is 0 Å². The molecule has 0 atom stereocenters. The molecule has 0 unspecified atom stereocenters. The molecule has 0 bridgehead atoms. The Hall–Kier alpha value is -1.48. The van der Waals surface area contributed by atoms with Gasteiger partial charge in [-0.05, 0) is 24.6 Å². The quantitative estimate of drug-likeness (QED) is 0.716. The number of methoxy groups -OCH3 is 1. The van der Waals surface area contributed by atoms with Gasteiger partial charge in [-0.2, -0.15) is 4.31 Å². The van der Waals surface area contributed by atoms with Gasteiger partial charge in [0.1, 0.15) is 0 Å². The van der Waals surface area contributed by atoms with Crippen molar-refractivity contribution in [2.24, 2.45) is 0 Å². The number of aromatic carboxylic acids is 1. The zero-order chi connectivity index (χ0) is 16.0. The molecule has 21 heavy (non-hydrogen) atoms. The predicted molar refractivity (Wildman–Crippen MR) is 75.9 cm³/mol. The van der Waals surface area contributed by atoms with Crippen LogP contribution in [0.4, 0.5) is 0 Å². The van der Waals surface area contributed by atoms with Crippen molar-refractivity contribution < 1.29 is 28.2 Å². The van der Waals surface area contributed by atoms with Crippen LogP contribution in [-0.2, 0) is 14.8 Å². The molecule has 1 rings (SSSR count). The molecule has 1 aromatic carbocycles. The standard InChI is InChI=1S/C13H19NO6S/c1-10-3-4-11(9-12(10)13(16)17)21(18,19)14(5-7-15)6-8-20-2/h3-4,9,15H,5-8H2,1-2H3,(H,16,17). The number of aliphatic hydroxyl groups excluding tert-OH is 1. The SMILES string of the molecule is COCCN(CCO)S(=O)(=O)c1ccc(C)c(C(=O)O)c1. The zero-order valence-corrected chi connectivity index (χ0v) is 12.8. The Labute approximate surface area is 123 Å². The first-order valence-electron chi connectivity index (χ1n) is 6.28. The molecule has 2 N–H and O–H groups in total. The lowest BCUT2D eigenvalue weighted by molar-refractivity contribution is 0.0696. The molecule has 0 radical (unpaired) electrons. The summed E-state index contributed by atoms with van der Waals surface area (Å²) in [5.41, 5.74) is 0.416. The maximum Gasteiger partial charge on any atom is 0.335 e. The van der Waals surface area contributed by atoms with Gasteiger partial charge in [0, 0.05) is 20.2 Å². The van der Waals surface area contributed by atoms with Crippen LogP contribution >= 0.6 is 0 Å². The van der Waals surface area contributed by atoms with E-state index in [4.69, 9.17) is 14.9 Å². The number of hydrogen-bond acceptors (Lipinski definition) is 5. The van der Waals surface area contributed by atoms with Gasteiger partial charge in [-0.25, -0.2) is 13.2 Å². The predicted octanol–water partition coefficient (Wildman–Crippen LogP) is 0.323. The Kier molecular flexibility index (Phi) is 6.28. The normalized spacial score (nSPS) is 11.8. The number of carbonyl (C=O) groups is 1. The second-order valence-corrected chi connectivity index (χ2v) is 6.34. The van der Waals surface area contributed by atoms with E-state index in [0.29, 0.717) is 5.56 Å². The molecule has 0 aliphatic heterocycles. The largest absolute Gasteiger partial charge is 0.478 e. The molecule has 0 saturated carbocycles. The van der Waals surface area contributed by atoms with Crippen molar-refractivity contribution in [2.45, 2.75) is 11.8 Å². The fourth-order valence-electron chi connectivity index (χ4n) is 1.80. The Morgan fingerprint density at radius 3 is 2.52 bits per heavy atom. The fourth-order valence-corrected chi connectivity index (χ4v) is 3.24. The van der Waals surface area contributed by atoms with E-state index in [1.54, 1.807) is 6.92 Å². The lowest BCUT2D eigenvalue weighted by atomic mass is 10.1. The molecule has 0 aromatic heterocycles. The first kappa shape index (κ1) is 17.6. The summed E-state index contributed by atoms with van der Waals surface area (Å²) in [6, 6.07) is 3.93. The molecule has 118 valence electrons. The Balaban J connectivity index is 3.21. The van der Waals surface area contributed by atoms with Crippen LogP contribution in [0.3, 0.4) is 0 Å². The van der Waals surface area contributed by atoms with Gasteiger partial charge in [0.15, 0.2) is 0 Å². The summed E-state index contributed by atoms with van der Waals surface area (Å²) < 4.78 is 30.9. The average molecular weight is 317 g/mol. The van der Waals surface area contributed by atoms with Crippen LogP contribution in [0.25, 0.3) is 0 Å². The smallest absolute Gasteiger partial charge is 0.335 e. The van der Waals surface area contributed by atoms with Gasteiger partial charge in [-0.3, -0.25) is 0 Å². The van der Waals surface area contributed by atoms with Gasteiger partial charge in [-0.1, -0.05) is 6.07 Å². The summed E-state index contributed by atoms with van der Waals surface area (Å²) >= 11 is 0. The minimum Gasteiger partial charge on any atom is -0.478 e. The average Bonchev–Trinajstić information content (AvgIpc) is 2.43. The molecule has 0 aliphatic carbocycles. The van der Waals surface area contributed by atoms with E-state index in [2.05, 4.69) is 0 Å². The first-order valence-corrected chi connectivity index (χ1v) is 7.72. The summed E-state index contributed by atoms with van der Waals surface area (Å²) in [5, 5.41) is 18.1. The third-order valence-electron chi connectivity index (χ3n) is 2.97. The van der Waals surface area contributed by atoms with Crippen molar-refractivity contribution in [3.05, 3.63) is 29.3 Å². The third-order valence-corrected chi connectivity index (χ3v) is 4.87. The van der Waals surface area contributed by atoms with E-state index in [-0.39, 0.29) is 36.8 Å². The van der Waals surface area contributed by atoms with E-state index in [1.165, 1.54) is 19.2 Å². The van der Waals surface area contributed by atoms with Crippen molar-refractivity contribution in [1.82, 2.24) is 4.31 Å². The van der Waals surface area contributed by atoms with Crippen LogP contribution in [0.5, 0.6) is 0 Å². The molecule has 0 fully saturated rings. The highest BCUT2D eigenvalue weighted by Gasteiger charge is 2.25. The molecule has 0 aliphatic rings. The highest BCUT2D eigenvalue weighted by atomic mass is 32.2. The first-order chi connectivity index (χ1) is 9.84. The van der Waals surface area contributed by atoms with Crippen LogP contribution < -0.4 is 0 Å². The molecule has 1 aromatic rings. The van der Waals surface area contributed by atoms with E-state index in [1.807, 2.05) is 0 Å². The number of carboxylic acids is 1. The Morgan fingerprint density at radius 1 is 1.33 bits per heavy atom. The van der Waals surface area contributed by atoms with E-state index >= 15 is 0 Å². The Bertz CT molecular complexity index is 599. The van der Waals surface area contributed by atoms with Gasteiger partial charge >= 0.3 is 5.97 Å². The third kappa shape index (κ3) is 4.24. The number of rotatable bonds is 8. The molecule has 0 spiro atoms. The highest BCUT2D eigenvalue weighted by Crippen LogP contribution is 2.19. The van der Waals surface area contributed by atoms with Crippen LogP contribution in [0.15, 0.2) is 23.1 Å². The summed E-state index contributed by atoms with van der Waals surface area (Å²) in [4.78, 5) is 11.0. The molecule has 8 heteroatoms. The second kappa shape index (κ2) is 7.51. The lowest BCUT2D eigenvalue weighted by Gasteiger charge is -2.21. The molecule has 0 amide bonds. The number of aryl methyl sites for hydroxylation is 1. The topological polar surface area (TPSA) is 104 Å². The van der Waals surface area contributed by atoms with E-state index in [0.717, 1.165) is 10.4 Å². The summed E-state index contributed by atoms with van der Waals surface area (Å²) in [7, 11) is -2.44. The van der Waals surface area contributed by atoms with Crippen LogP contribution in [0, 0.1) is 6.92 Å². The minimum absolute atomic E-state index is 0.0632. The number of nitrogens with zero attached hydrogens (tertiary/aromatic N) is 1. The van der Waals surface area contributed by atoms with Crippen LogP contribution in [-0.4, -0.2) is 62.3 Å². The fraction of sp³-hybridized carbons (Fsp3) is 0.462. The molecule has 0 saturated heterocycles. The van der Waals surface area contributed by atoms with E-state index < -0.39 is 16.0 Å². The van der Waals surface area contributed by atoms with Gasteiger partial charge in [0.2, 0.25) is 10.0 Å². The number of benzene rings is 1. The number of aliphatic hydroxyl groups is 1. The van der Waals surface area contributed by atoms with Gasteiger partial charge in [-0.15, -0.1) is 0 Å². The van der Waals surface area contributed by atoms with Crippen molar-refractivity contribution in [2.75, 3.05) is 33.4 Å². The molecule has 0 heterocycles. The monoisotopic (exact) mass is 317 g/mol. The number of sulfonamides is 1.